The number of aromatic nitrogens is 6. The highest BCUT2D eigenvalue weighted by molar-refractivity contribution is 5.74. The van der Waals surface area contributed by atoms with E-state index in [1.165, 1.54) is 5.56 Å². The molecule has 1 aromatic carbocycles. The number of nitrogens with one attached hydrogen (secondary N) is 3. The van der Waals surface area contributed by atoms with Gasteiger partial charge in [-0.15, -0.1) is 5.10 Å². The van der Waals surface area contributed by atoms with Gasteiger partial charge in [-0.3, -0.25) is 0 Å². The zero-order chi connectivity index (χ0) is 23.6. The van der Waals surface area contributed by atoms with E-state index in [9.17, 15) is 0 Å². The molecule has 1 aliphatic rings. The van der Waals surface area contributed by atoms with Crippen LogP contribution in [0.2, 0.25) is 0 Å². The quantitative estimate of drug-likeness (QED) is 0.331. The summed E-state index contributed by atoms with van der Waals surface area (Å²) in [6, 6.07) is 20.0. The molecule has 0 atom stereocenters. The summed E-state index contributed by atoms with van der Waals surface area (Å²) in [5.74, 6) is 3.05. The summed E-state index contributed by atoms with van der Waals surface area (Å²) in [5.41, 5.74) is 4.75. The molecule has 0 aliphatic carbocycles. The summed E-state index contributed by atoms with van der Waals surface area (Å²) < 4.78 is 1.79. The van der Waals surface area contributed by atoms with Crippen LogP contribution in [0.15, 0.2) is 73.1 Å². The summed E-state index contributed by atoms with van der Waals surface area (Å²) in [6.07, 6.45) is 4.71. The fraction of sp³-hybridized carbons (Fsp3) is 0.192. The van der Waals surface area contributed by atoms with Crippen molar-refractivity contribution in [1.29, 1.82) is 0 Å². The van der Waals surface area contributed by atoms with Crippen LogP contribution in [0.3, 0.4) is 0 Å². The van der Waals surface area contributed by atoms with Crippen LogP contribution in [0.4, 0.5) is 23.3 Å². The molecule has 174 valence electrons. The van der Waals surface area contributed by atoms with Gasteiger partial charge in [0.25, 0.3) is 0 Å². The summed E-state index contributed by atoms with van der Waals surface area (Å²) in [6.45, 7) is 4.17. The highest BCUT2D eigenvalue weighted by Gasteiger charge is 2.16. The van der Waals surface area contributed by atoms with Gasteiger partial charge in [0.1, 0.15) is 17.0 Å². The van der Waals surface area contributed by atoms with Crippen molar-refractivity contribution in [2.45, 2.75) is 13.3 Å². The highest BCUT2D eigenvalue weighted by Crippen LogP contribution is 2.24. The molecule has 5 aromatic rings. The number of anilines is 4. The van der Waals surface area contributed by atoms with E-state index in [-0.39, 0.29) is 0 Å². The van der Waals surface area contributed by atoms with E-state index in [1.54, 1.807) is 10.7 Å². The van der Waals surface area contributed by atoms with E-state index in [0.29, 0.717) is 29.1 Å². The first kappa shape index (κ1) is 21.2. The first-order chi connectivity index (χ1) is 17.2. The van der Waals surface area contributed by atoms with E-state index >= 15 is 0 Å². The molecule has 35 heavy (non-hydrogen) atoms. The van der Waals surface area contributed by atoms with Crippen molar-refractivity contribution in [3.05, 3.63) is 84.3 Å². The van der Waals surface area contributed by atoms with Crippen LogP contribution in [0.1, 0.15) is 11.3 Å². The Balaban J connectivity index is 1.23. The lowest BCUT2D eigenvalue weighted by Crippen LogP contribution is -2.43. The van der Waals surface area contributed by atoms with Gasteiger partial charge >= 0.3 is 0 Å². The van der Waals surface area contributed by atoms with Crippen LogP contribution in [-0.4, -0.2) is 42.6 Å². The predicted molar refractivity (Wildman–Crippen MR) is 136 cm³/mol. The molecule has 1 aliphatic heterocycles. The molecule has 4 aromatic heterocycles. The minimum atomic E-state index is 0.506. The first-order valence-corrected chi connectivity index (χ1v) is 11.7. The molecular weight excluding hydrogens is 438 g/mol. The normalized spacial score (nSPS) is 13.5. The second kappa shape index (κ2) is 9.11. The minimum Gasteiger partial charge on any atom is -0.324 e. The lowest BCUT2D eigenvalue weighted by atomic mass is 9.94. The first-order valence-electron chi connectivity index (χ1n) is 11.7. The van der Waals surface area contributed by atoms with Crippen molar-refractivity contribution in [2.24, 2.45) is 5.92 Å². The topological polar surface area (TPSA) is 105 Å². The van der Waals surface area contributed by atoms with E-state index in [0.717, 1.165) is 42.3 Å². The van der Waals surface area contributed by atoms with Gasteiger partial charge in [0.2, 0.25) is 11.8 Å². The average molecular weight is 464 g/mol. The number of hydrogen-bond acceptors (Lipinski definition) is 8. The van der Waals surface area contributed by atoms with Crippen LogP contribution in [0.25, 0.3) is 17.0 Å². The Bertz CT molecular complexity index is 1470. The van der Waals surface area contributed by atoms with Gasteiger partial charge in [-0.25, -0.2) is 19.5 Å². The minimum absolute atomic E-state index is 0.506. The molecule has 0 unspecified atom stereocenters. The Morgan fingerprint density at radius 2 is 1.83 bits per heavy atom. The van der Waals surface area contributed by atoms with Crippen LogP contribution in [0, 0.1) is 12.8 Å². The number of aryl methyl sites for hydroxylation is 1. The number of fused-ring (bicyclic) bond motifs is 1. The van der Waals surface area contributed by atoms with E-state index in [2.05, 4.69) is 60.3 Å². The van der Waals surface area contributed by atoms with Crippen molar-refractivity contribution in [1.82, 2.24) is 34.9 Å². The maximum absolute atomic E-state index is 4.75. The van der Waals surface area contributed by atoms with Gasteiger partial charge in [-0.05, 0) is 80.4 Å². The van der Waals surface area contributed by atoms with E-state index in [1.807, 2.05) is 49.5 Å². The molecule has 0 amide bonds. The van der Waals surface area contributed by atoms with Crippen molar-refractivity contribution in [3.63, 3.8) is 0 Å². The molecule has 0 saturated carbocycles. The van der Waals surface area contributed by atoms with Crippen LogP contribution in [-0.2, 0) is 6.42 Å². The molecule has 0 spiro atoms. The number of nitrogens with zero attached hydrogens (tertiary/aromatic N) is 6. The zero-order valence-electron chi connectivity index (χ0n) is 19.3. The molecule has 6 rings (SSSR count). The third-order valence-electron chi connectivity index (χ3n) is 6.01. The third kappa shape index (κ3) is 4.67. The van der Waals surface area contributed by atoms with Gasteiger partial charge in [-0.2, -0.15) is 4.98 Å². The van der Waals surface area contributed by atoms with Crippen LogP contribution < -0.4 is 16.0 Å². The molecule has 0 bridgehead atoms. The third-order valence-corrected chi connectivity index (χ3v) is 6.01. The number of hydrogen-bond donors (Lipinski definition) is 3. The van der Waals surface area contributed by atoms with Crippen LogP contribution >= 0.6 is 0 Å². The predicted octanol–water partition coefficient (Wildman–Crippen LogP) is 4.14. The number of pyridine rings is 1. The molecule has 0 radical (unpaired) electrons. The van der Waals surface area contributed by atoms with Crippen molar-refractivity contribution in [2.75, 3.05) is 23.7 Å². The monoisotopic (exact) mass is 463 g/mol. The maximum Gasteiger partial charge on any atom is 0.229 e. The molecule has 1 fully saturated rings. The largest absolute Gasteiger partial charge is 0.324 e. The van der Waals surface area contributed by atoms with Gasteiger partial charge in [0, 0.05) is 23.8 Å². The second-order valence-electron chi connectivity index (χ2n) is 8.73. The Morgan fingerprint density at radius 1 is 0.943 bits per heavy atom. The van der Waals surface area contributed by atoms with Crippen molar-refractivity contribution in [3.8, 4) is 11.5 Å². The number of rotatable bonds is 7. The molecule has 9 nitrogen and oxygen atoms in total. The van der Waals surface area contributed by atoms with Crippen molar-refractivity contribution < 1.29 is 0 Å². The van der Waals surface area contributed by atoms with E-state index in [4.69, 9.17) is 4.98 Å². The summed E-state index contributed by atoms with van der Waals surface area (Å²) >= 11 is 0. The highest BCUT2D eigenvalue weighted by atomic mass is 15.3. The number of benzene rings is 1. The lowest BCUT2D eigenvalue weighted by Gasteiger charge is -2.27. The van der Waals surface area contributed by atoms with Gasteiger partial charge in [-0.1, -0.05) is 18.2 Å². The smallest absolute Gasteiger partial charge is 0.229 e. The van der Waals surface area contributed by atoms with Gasteiger partial charge in [0.05, 0.1) is 0 Å². The molecule has 3 N–H and O–H groups in total. The Labute approximate surface area is 202 Å². The Hall–Kier alpha value is -4.37. The SMILES string of the molecule is Cc1cccc(-c2nc(Nc3ccnc(Nc4ccc(CC5CNC5)cc4)n3)c3cccn3n2)n1. The molecule has 5 heterocycles. The fourth-order valence-electron chi connectivity index (χ4n) is 4.09. The summed E-state index contributed by atoms with van der Waals surface area (Å²) in [5, 5.41) is 14.6. The Kier molecular flexibility index (Phi) is 5.51. The average Bonchev–Trinajstić information content (AvgIpc) is 3.32. The molecular formula is C26H25N9. The summed E-state index contributed by atoms with van der Waals surface area (Å²) in [7, 11) is 0. The molecule has 9 heteroatoms. The van der Waals surface area contributed by atoms with E-state index < -0.39 is 0 Å². The summed E-state index contributed by atoms with van der Waals surface area (Å²) in [4.78, 5) is 18.3. The lowest BCUT2D eigenvalue weighted by molar-refractivity contribution is 0.346. The zero-order valence-corrected chi connectivity index (χ0v) is 19.3. The second-order valence-corrected chi connectivity index (χ2v) is 8.73. The molecule has 1 saturated heterocycles. The van der Waals surface area contributed by atoms with Crippen LogP contribution in [0.5, 0.6) is 0 Å². The fourth-order valence-corrected chi connectivity index (χ4v) is 4.09. The van der Waals surface area contributed by atoms with Gasteiger partial charge < -0.3 is 16.0 Å². The van der Waals surface area contributed by atoms with Gasteiger partial charge in [0.15, 0.2) is 5.82 Å². The van der Waals surface area contributed by atoms with Crippen molar-refractivity contribution >= 4 is 28.8 Å². The maximum atomic E-state index is 4.75. The standard InChI is InChI=1S/C26H25N9/c1-17-4-2-5-21(29-17)24-33-25(22-6-3-13-35(22)34-24)31-23-11-12-28-26(32-23)30-20-9-7-18(8-10-20)14-19-15-27-16-19/h2-13,19,27H,14-16H2,1H3,(H2,28,30,31,32,33,34). The Morgan fingerprint density at radius 3 is 2.63 bits per heavy atom.